The Morgan fingerprint density at radius 3 is 1.76 bits per heavy atom. The molecule has 1 aromatic carbocycles. The normalized spacial score (nSPS) is 32.4. The highest BCUT2D eigenvalue weighted by Gasteiger charge is 2.64. The van der Waals surface area contributed by atoms with Crippen LogP contribution >= 0.6 is 11.8 Å². The van der Waals surface area contributed by atoms with E-state index in [1.807, 2.05) is 12.1 Å². The summed E-state index contributed by atoms with van der Waals surface area (Å²) in [7, 11) is 0. The molecule has 4 rings (SSSR count). The summed E-state index contributed by atoms with van der Waals surface area (Å²) in [6, 6.07) is 7.14. The van der Waals surface area contributed by atoms with Gasteiger partial charge in [-0.1, -0.05) is 24.3 Å². The monoisotopic (exact) mass is 302 g/mol. The third-order valence-electron chi connectivity index (χ3n) is 4.56. The highest BCUT2D eigenvalue weighted by Crippen LogP contribution is 2.65. The zero-order valence-corrected chi connectivity index (χ0v) is 12.5. The fraction of sp³-hybridized carbons (Fsp3) is 0.400. The summed E-state index contributed by atoms with van der Waals surface area (Å²) in [5.41, 5.74) is 2.39. The van der Waals surface area contributed by atoms with Gasteiger partial charge in [-0.25, -0.2) is 4.79 Å². The second-order valence-electron chi connectivity index (χ2n) is 5.65. The highest BCUT2D eigenvalue weighted by molar-refractivity contribution is 8.00. The molecule has 4 amide bonds. The molecule has 0 unspecified atom stereocenters. The first-order chi connectivity index (χ1) is 10.0. The van der Waals surface area contributed by atoms with Gasteiger partial charge < -0.3 is 0 Å². The standard InChI is InChI=1S/C15H14N2O3S/c1-7(18)16-11-12(17(8(2)19)15(16)20)14-10-6-4-3-5-9(10)13(11)21-14/h3-6,11-14H,1-2H3/t11-,12+,13-,14+. The molecule has 2 bridgehead atoms. The summed E-state index contributed by atoms with van der Waals surface area (Å²) in [5, 5.41) is 0.154. The van der Waals surface area contributed by atoms with E-state index in [9.17, 15) is 14.4 Å². The minimum atomic E-state index is -0.465. The van der Waals surface area contributed by atoms with Crippen molar-refractivity contribution in [3.05, 3.63) is 35.4 Å². The number of hydrogen-bond acceptors (Lipinski definition) is 4. The first-order valence-corrected chi connectivity index (χ1v) is 7.84. The number of thioether (sulfide) groups is 1. The summed E-state index contributed by atoms with van der Waals surface area (Å²) in [6.07, 6.45) is 0. The number of urea groups is 1. The second-order valence-corrected chi connectivity index (χ2v) is 6.94. The van der Waals surface area contributed by atoms with Crippen molar-refractivity contribution in [2.45, 2.75) is 36.4 Å². The Balaban J connectivity index is 1.87. The summed E-state index contributed by atoms with van der Waals surface area (Å²) in [4.78, 5) is 38.9. The van der Waals surface area contributed by atoms with Crippen LogP contribution in [0.1, 0.15) is 35.5 Å². The topological polar surface area (TPSA) is 57.7 Å². The molecule has 21 heavy (non-hydrogen) atoms. The van der Waals surface area contributed by atoms with Crippen LogP contribution in [0.25, 0.3) is 0 Å². The number of carbonyl (C=O) groups is 3. The molecule has 3 heterocycles. The van der Waals surface area contributed by atoms with Crippen molar-refractivity contribution in [3.63, 3.8) is 0 Å². The Kier molecular flexibility index (Phi) is 2.52. The minimum Gasteiger partial charge on any atom is -0.275 e. The number of hydrogen-bond donors (Lipinski definition) is 0. The van der Waals surface area contributed by atoms with Gasteiger partial charge in [0.1, 0.15) is 0 Å². The number of fused-ring (bicyclic) bond motifs is 8. The molecule has 0 saturated carbocycles. The molecule has 0 spiro atoms. The van der Waals surface area contributed by atoms with E-state index in [1.165, 1.54) is 34.8 Å². The van der Waals surface area contributed by atoms with Gasteiger partial charge in [0.2, 0.25) is 11.8 Å². The van der Waals surface area contributed by atoms with Crippen LogP contribution in [-0.2, 0) is 9.59 Å². The first-order valence-electron chi connectivity index (χ1n) is 6.90. The van der Waals surface area contributed by atoms with Crippen LogP contribution in [0.3, 0.4) is 0 Å². The predicted molar refractivity (Wildman–Crippen MR) is 77.5 cm³/mol. The molecule has 6 heteroatoms. The number of rotatable bonds is 0. The minimum absolute atomic E-state index is 0.0772. The summed E-state index contributed by atoms with van der Waals surface area (Å²) < 4.78 is 0. The van der Waals surface area contributed by atoms with Crippen LogP contribution in [0.5, 0.6) is 0 Å². The lowest BCUT2D eigenvalue weighted by Crippen LogP contribution is -2.43. The van der Waals surface area contributed by atoms with Gasteiger partial charge in [0, 0.05) is 13.8 Å². The van der Waals surface area contributed by atoms with E-state index in [4.69, 9.17) is 0 Å². The van der Waals surface area contributed by atoms with Gasteiger partial charge in [-0.2, -0.15) is 0 Å². The van der Waals surface area contributed by atoms with Crippen molar-refractivity contribution in [2.75, 3.05) is 0 Å². The third kappa shape index (κ3) is 1.46. The molecule has 3 aliphatic heterocycles. The largest absolute Gasteiger partial charge is 0.334 e. The van der Waals surface area contributed by atoms with Gasteiger partial charge in [0.15, 0.2) is 0 Å². The van der Waals surface area contributed by atoms with Crippen LogP contribution in [-0.4, -0.2) is 39.7 Å². The predicted octanol–water partition coefficient (Wildman–Crippen LogP) is 2.10. The van der Waals surface area contributed by atoms with Gasteiger partial charge >= 0.3 is 6.03 Å². The average Bonchev–Trinajstić information content (AvgIpc) is 3.04. The smallest absolute Gasteiger partial charge is 0.275 e. The first kappa shape index (κ1) is 12.9. The van der Waals surface area contributed by atoms with Crippen LogP contribution in [0.4, 0.5) is 4.79 Å². The second kappa shape index (κ2) is 4.10. The van der Waals surface area contributed by atoms with Gasteiger partial charge in [-0.15, -0.1) is 11.8 Å². The van der Waals surface area contributed by atoms with Gasteiger partial charge in [0.05, 0.1) is 22.6 Å². The number of carbonyl (C=O) groups excluding carboxylic acids is 3. The maximum absolute atomic E-state index is 12.5. The van der Waals surface area contributed by atoms with Crippen molar-refractivity contribution in [2.24, 2.45) is 0 Å². The third-order valence-corrected chi connectivity index (χ3v) is 6.21. The number of benzene rings is 1. The number of nitrogens with zero attached hydrogens (tertiary/aromatic N) is 2. The summed E-state index contributed by atoms with van der Waals surface area (Å²) in [5.74, 6) is -0.575. The Morgan fingerprint density at radius 2 is 1.38 bits per heavy atom. The van der Waals surface area contributed by atoms with E-state index in [0.29, 0.717) is 0 Å². The van der Waals surface area contributed by atoms with E-state index < -0.39 is 6.03 Å². The molecule has 0 aliphatic carbocycles. The molecular weight excluding hydrogens is 288 g/mol. The highest BCUT2D eigenvalue weighted by atomic mass is 32.2. The lowest BCUT2D eigenvalue weighted by Gasteiger charge is -2.29. The Morgan fingerprint density at radius 1 is 0.952 bits per heavy atom. The molecule has 0 aromatic heterocycles. The van der Waals surface area contributed by atoms with Crippen molar-refractivity contribution in [3.8, 4) is 0 Å². The Hall–Kier alpha value is -1.82. The Bertz CT molecular complexity index is 634. The Labute approximate surface area is 126 Å². The molecule has 2 saturated heterocycles. The average molecular weight is 302 g/mol. The summed E-state index contributed by atoms with van der Waals surface area (Å²) in [6.45, 7) is 2.78. The number of imide groups is 2. The molecule has 0 N–H and O–H groups in total. The fourth-order valence-electron chi connectivity index (χ4n) is 3.86. The lowest BCUT2D eigenvalue weighted by molar-refractivity contribution is -0.127. The van der Waals surface area contributed by atoms with Crippen LogP contribution in [0.15, 0.2) is 24.3 Å². The van der Waals surface area contributed by atoms with Crippen LogP contribution < -0.4 is 0 Å². The van der Waals surface area contributed by atoms with E-state index in [2.05, 4.69) is 12.1 Å². The van der Waals surface area contributed by atoms with Crippen molar-refractivity contribution in [1.82, 2.24) is 9.80 Å². The molecular formula is C15H14N2O3S. The van der Waals surface area contributed by atoms with E-state index in [-0.39, 0.29) is 34.4 Å². The fourth-order valence-corrected chi connectivity index (χ4v) is 5.78. The van der Waals surface area contributed by atoms with Gasteiger partial charge in [-0.3, -0.25) is 19.4 Å². The molecule has 108 valence electrons. The molecule has 1 aromatic rings. The molecule has 0 radical (unpaired) electrons. The van der Waals surface area contributed by atoms with E-state index in [0.717, 1.165) is 0 Å². The zero-order valence-electron chi connectivity index (χ0n) is 11.6. The SMILES string of the molecule is CC(=O)N1C(=O)N(C(C)=O)[C@H]2[C@@H]1[C@@H]1S[C@H]2c2ccccc21. The molecule has 5 nitrogen and oxygen atoms in total. The maximum atomic E-state index is 12.5. The van der Waals surface area contributed by atoms with Crippen molar-refractivity contribution in [1.29, 1.82) is 0 Å². The van der Waals surface area contributed by atoms with Crippen LogP contribution in [0.2, 0.25) is 0 Å². The van der Waals surface area contributed by atoms with Gasteiger partial charge in [-0.05, 0) is 11.1 Å². The van der Waals surface area contributed by atoms with Crippen molar-refractivity contribution < 1.29 is 14.4 Å². The zero-order chi connectivity index (χ0) is 14.9. The maximum Gasteiger partial charge on any atom is 0.334 e. The summed E-state index contributed by atoms with van der Waals surface area (Å²) >= 11 is 1.76. The van der Waals surface area contributed by atoms with Gasteiger partial charge in [0.25, 0.3) is 0 Å². The quantitative estimate of drug-likeness (QED) is 0.689. The van der Waals surface area contributed by atoms with Crippen LogP contribution in [0, 0.1) is 0 Å². The van der Waals surface area contributed by atoms with Crippen molar-refractivity contribution >= 4 is 29.6 Å². The molecule has 3 aliphatic rings. The molecule has 2 fully saturated rings. The molecule has 4 atom stereocenters. The lowest BCUT2D eigenvalue weighted by atomic mass is 9.84. The number of amides is 4. The van der Waals surface area contributed by atoms with E-state index in [1.54, 1.807) is 11.8 Å². The van der Waals surface area contributed by atoms with E-state index >= 15 is 0 Å².